The van der Waals surface area contributed by atoms with E-state index in [1.54, 1.807) is 17.0 Å². The average molecular weight is 322 g/mol. The molecule has 1 fully saturated rings. The highest BCUT2D eigenvalue weighted by atomic mass is 19.1. The van der Waals surface area contributed by atoms with Gasteiger partial charge in [0.2, 0.25) is 5.91 Å². The summed E-state index contributed by atoms with van der Waals surface area (Å²) >= 11 is 0. The lowest BCUT2D eigenvalue weighted by Crippen LogP contribution is -2.40. The summed E-state index contributed by atoms with van der Waals surface area (Å²) in [5.41, 5.74) is 0.975. The quantitative estimate of drug-likeness (QED) is 0.845. The van der Waals surface area contributed by atoms with Crippen LogP contribution < -0.4 is 5.32 Å². The number of carboxylic acids is 1. The van der Waals surface area contributed by atoms with Crippen molar-refractivity contribution in [3.05, 3.63) is 29.8 Å². The van der Waals surface area contributed by atoms with Crippen LogP contribution in [0, 0.1) is 5.92 Å². The highest BCUT2D eigenvalue weighted by Crippen LogP contribution is 2.23. The number of alkyl halides is 1. The monoisotopic (exact) mass is 322 g/mol. The van der Waals surface area contributed by atoms with Gasteiger partial charge in [-0.3, -0.25) is 4.79 Å². The van der Waals surface area contributed by atoms with E-state index in [1.165, 1.54) is 12.1 Å². The minimum absolute atomic E-state index is 0.00632. The van der Waals surface area contributed by atoms with E-state index in [4.69, 9.17) is 5.11 Å². The van der Waals surface area contributed by atoms with E-state index >= 15 is 0 Å². The number of hydrogen-bond donors (Lipinski definition) is 2. The Morgan fingerprint density at radius 1 is 1.35 bits per heavy atom. The number of carboxylic acid groups (broad SMARTS) is 1. The lowest BCUT2D eigenvalue weighted by Gasteiger charge is -2.25. The van der Waals surface area contributed by atoms with Crippen molar-refractivity contribution in [2.45, 2.75) is 38.9 Å². The van der Waals surface area contributed by atoms with Crippen LogP contribution in [0.25, 0.3) is 0 Å². The fourth-order valence-corrected chi connectivity index (χ4v) is 2.79. The van der Waals surface area contributed by atoms with Gasteiger partial charge in [0.15, 0.2) is 0 Å². The molecule has 1 aliphatic rings. The molecular weight excluding hydrogens is 299 g/mol. The molecule has 5 nitrogen and oxygen atoms in total. The maximum absolute atomic E-state index is 13.7. The first-order valence-electron chi connectivity index (χ1n) is 7.87. The van der Waals surface area contributed by atoms with E-state index in [0.717, 1.165) is 5.69 Å². The Morgan fingerprint density at radius 3 is 2.57 bits per heavy atom. The summed E-state index contributed by atoms with van der Waals surface area (Å²) in [7, 11) is 0. The van der Waals surface area contributed by atoms with Crippen LogP contribution in [0.15, 0.2) is 24.3 Å². The van der Waals surface area contributed by atoms with Crippen LogP contribution in [0.3, 0.4) is 0 Å². The van der Waals surface area contributed by atoms with Crippen molar-refractivity contribution >= 4 is 17.6 Å². The first-order valence-corrected chi connectivity index (χ1v) is 7.87. The maximum Gasteiger partial charge on any atom is 0.335 e. The van der Waals surface area contributed by atoms with Gasteiger partial charge in [0, 0.05) is 25.1 Å². The van der Waals surface area contributed by atoms with Crippen molar-refractivity contribution in [1.29, 1.82) is 0 Å². The molecule has 1 unspecified atom stereocenters. The van der Waals surface area contributed by atoms with E-state index < -0.39 is 12.1 Å². The number of halogens is 1. The molecule has 6 heteroatoms. The number of aromatic carboxylic acids is 1. The Balaban J connectivity index is 1.94. The van der Waals surface area contributed by atoms with E-state index in [-0.39, 0.29) is 30.0 Å². The number of likely N-dealkylation sites (tertiary alicyclic amines) is 1. The van der Waals surface area contributed by atoms with Crippen LogP contribution in [0.1, 0.15) is 37.0 Å². The smallest absolute Gasteiger partial charge is 0.335 e. The Bertz CT molecular complexity index is 559. The van der Waals surface area contributed by atoms with Crippen molar-refractivity contribution < 1.29 is 19.1 Å². The van der Waals surface area contributed by atoms with E-state index in [1.807, 2.05) is 13.8 Å². The molecule has 23 heavy (non-hydrogen) atoms. The number of rotatable bonds is 6. The molecule has 0 bridgehead atoms. The molecule has 0 saturated carbocycles. The van der Waals surface area contributed by atoms with Crippen LogP contribution in [-0.2, 0) is 4.79 Å². The number of hydrogen-bond acceptors (Lipinski definition) is 3. The van der Waals surface area contributed by atoms with Gasteiger partial charge < -0.3 is 15.3 Å². The van der Waals surface area contributed by atoms with Gasteiger partial charge in [-0.1, -0.05) is 13.8 Å². The zero-order valence-electron chi connectivity index (χ0n) is 13.5. The van der Waals surface area contributed by atoms with Crippen molar-refractivity contribution in [2.24, 2.45) is 5.92 Å². The molecule has 1 aromatic rings. The van der Waals surface area contributed by atoms with Crippen molar-refractivity contribution in [3.63, 3.8) is 0 Å². The molecule has 1 aliphatic heterocycles. The van der Waals surface area contributed by atoms with Crippen LogP contribution in [0.2, 0.25) is 0 Å². The topological polar surface area (TPSA) is 69.6 Å². The van der Waals surface area contributed by atoms with Gasteiger partial charge in [0.05, 0.1) is 18.2 Å². The Kier molecular flexibility index (Phi) is 5.58. The summed E-state index contributed by atoms with van der Waals surface area (Å²) in [6, 6.07) is 6.20. The first-order chi connectivity index (χ1) is 10.9. The van der Waals surface area contributed by atoms with Crippen LogP contribution in [0.4, 0.5) is 10.1 Å². The zero-order chi connectivity index (χ0) is 17.0. The molecule has 2 rings (SSSR count). The molecular formula is C17H23FN2O3. The highest BCUT2D eigenvalue weighted by Gasteiger charge is 2.35. The van der Waals surface area contributed by atoms with Gasteiger partial charge >= 0.3 is 5.97 Å². The minimum Gasteiger partial charge on any atom is -0.478 e. The molecule has 0 spiro atoms. The highest BCUT2D eigenvalue weighted by molar-refractivity contribution is 5.88. The van der Waals surface area contributed by atoms with Crippen molar-refractivity contribution in [1.82, 2.24) is 4.90 Å². The summed E-state index contributed by atoms with van der Waals surface area (Å²) in [4.78, 5) is 24.7. The average Bonchev–Trinajstić information content (AvgIpc) is 2.86. The number of anilines is 1. The summed E-state index contributed by atoms with van der Waals surface area (Å²) in [5, 5.41) is 12.0. The number of amides is 1. The Morgan fingerprint density at radius 2 is 2.00 bits per heavy atom. The maximum atomic E-state index is 13.7. The molecule has 0 aromatic heterocycles. The predicted molar refractivity (Wildman–Crippen MR) is 86.4 cm³/mol. The van der Waals surface area contributed by atoms with Gasteiger partial charge in [-0.05, 0) is 30.2 Å². The van der Waals surface area contributed by atoms with Gasteiger partial charge in [-0.25, -0.2) is 9.18 Å². The Labute approximate surface area is 135 Å². The Hall–Kier alpha value is -2.11. The summed E-state index contributed by atoms with van der Waals surface area (Å²) in [6.45, 7) is 4.56. The molecule has 2 atom stereocenters. The number of nitrogens with zero attached hydrogens (tertiary/aromatic N) is 1. The van der Waals surface area contributed by atoms with E-state index in [9.17, 15) is 14.0 Å². The zero-order valence-corrected chi connectivity index (χ0v) is 13.5. The van der Waals surface area contributed by atoms with Crippen molar-refractivity contribution in [3.8, 4) is 0 Å². The molecule has 0 aliphatic carbocycles. The van der Waals surface area contributed by atoms with Crippen molar-refractivity contribution in [2.75, 3.05) is 18.4 Å². The van der Waals surface area contributed by atoms with Gasteiger partial charge in [0.25, 0.3) is 0 Å². The van der Waals surface area contributed by atoms with Gasteiger partial charge in [-0.15, -0.1) is 0 Å². The third-order valence-electron chi connectivity index (χ3n) is 3.94. The van der Waals surface area contributed by atoms with Crippen LogP contribution >= 0.6 is 0 Å². The van der Waals surface area contributed by atoms with E-state index in [2.05, 4.69) is 5.32 Å². The molecule has 1 heterocycles. The third kappa shape index (κ3) is 4.68. The summed E-state index contributed by atoms with van der Waals surface area (Å²) < 4.78 is 13.7. The molecule has 2 N–H and O–H groups in total. The minimum atomic E-state index is -0.979. The third-order valence-corrected chi connectivity index (χ3v) is 3.94. The van der Waals surface area contributed by atoms with Crippen LogP contribution in [0.5, 0.6) is 0 Å². The number of carbonyl (C=O) groups excluding carboxylic acids is 1. The molecule has 126 valence electrons. The van der Waals surface area contributed by atoms with Gasteiger partial charge in [-0.2, -0.15) is 0 Å². The lowest BCUT2D eigenvalue weighted by molar-refractivity contribution is -0.132. The SMILES string of the molecule is CC(C)CC(=O)N1C[C@H](F)CC1CNc1ccc(C(=O)O)cc1. The van der Waals surface area contributed by atoms with E-state index in [0.29, 0.717) is 19.4 Å². The first kappa shape index (κ1) is 17.2. The second-order valence-electron chi connectivity index (χ2n) is 6.39. The second kappa shape index (κ2) is 7.44. The standard InChI is InChI=1S/C17H23FN2O3/c1-11(2)7-16(21)20-10-13(18)8-15(20)9-19-14-5-3-12(4-6-14)17(22)23/h3-6,11,13,15,19H,7-10H2,1-2H3,(H,22,23)/t13-,15?/m1/s1. The largest absolute Gasteiger partial charge is 0.478 e. The summed E-state index contributed by atoms with van der Waals surface area (Å²) in [6.07, 6.45) is -0.215. The van der Waals surface area contributed by atoms with Crippen LogP contribution in [-0.4, -0.2) is 47.2 Å². The fraction of sp³-hybridized carbons (Fsp3) is 0.529. The molecule has 1 saturated heterocycles. The number of carbonyl (C=O) groups is 2. The second-order valence-corrected chi connectivity index (χ2v) is 6.39. The molecule has 0 radical (unpaired) electrons. The normalized spacial score (nSPS) is 20.8. The molecule has 1 aromatic carbocycles. The van der Waals surface area contributed by atoms with Gasteiger partial charge in [0.1, 0.15) is 6.17 Å². The predicted octanol–water partition coefficient (Wildman–Crippen LogP) is 2.78. The molecule has 1 amide bonds. The lowest BCUT2D eigenvalue weighted by atomic mass is 10.1. The fourth-order valence-electron chi connectivity index (χ4n) is 2.79. The number of benzene rings is 1. The number of nitrogens with one attached hydrogen (secondary N) is 1. The summed E-state index contributed by atoms with van der Waals surface area (Å²) in [5.74, 6) is -0.732.